The van der Waals surface area contributed by atoms with Gasteiger partial charge >= 0.3 is 0 Å². The van der Waals surface area contributed by atoms with E-state index in [2.05, 4.69) is 15.9 Å². The molecule has 7 atom stereocenters. The second-order valence-corrected chi connectivity index (χ2v) is 14.0. The molecule has 2 spiro atoms. The SMILES string of the molecule is CCN(CC)C(=O)c1cccc(C(=O)N2C[C@H]3OC45CCC2C3C42c3cc(O)ccc3CC23CN(CC2CC2)C35)c1. The number of hydrogen-bond acceptors (Lipinski definition) is 5. The zero-order valence-electron chi connectivity index (χ0n) is 24.0. The van der Waals surface area contributed by atoms with Gasteiger partial charge in [-0.05, 0) is 93.3 Å². The Morgan fingerprint density at radius 1 is 1.07 bits per heavy atom. The predicted octanol–water partition coefficient (Wildman–Crippen LogP) is 3.83. The van der Waals surface area contributed by atoms with Gasteiger partial charge in [0.2, 0.25) is 0 Å². The molecule has 6 fully saturated rings. The van der Waals surface area contributed by atoms with Gasteiger partial charge in [-0.25, -0.2) is 0 Å². The molecule has 7 nitrogen and oxygen atoms in total. The van der Waals surface area contributed by atoms with Crippen LogP contribution in [0.1, 0.15) is 71.4 Å². The summed E-state index contributed by atoms with van der Waals surface area (Å²) >= 11 is 0. The Hall–Kier alpha value is -2.90. The number of likely N-dealkylation sites (tertiary alicyclic amines) is 2. The van der Waals surface area contributed by atoms with Gasteiger partial charge in [0.1, 0.15) is 5.75 Å². The van der Waals surface area contributed by atoms with Gasteiger partial charge in [0.25, 0.3) is 11.8 Å². The van der Waals surface area contributed by atoms with Crippen molar-refractivity contribution in [2.24, 2.45) is 17.3 Å². The van der Waals surface area contributed by atoms with E-state index in [0.717, 1.165) is 31.7 Å². The molecule has 41 heavy (non-hydrogen) atoms. The molecule has 3 saturated carbocycles. The highest BCUT2D eigenvalue weighted by Crippen LogP contribution is 2.85. The maximum absolute atomic E-state index is 14.2. The lowest BCUT2D eigenvalue weighted by molar-refractivity contribution is -0.341. The fourth-order valence-corrected chi connectivity index (χ4v) is 11.2. The fraction of sp³-hybridized carbons (Fsp3) is 0.588. The van der Waals surface area contributed by atoms with Crippen LogP contribution in [0.25, 0.3) is 0 Å². The van der Waals surface area contributed by atoms with E-state index in [4.69, 9.17) is 4.74 Å². The summed E-state index contributed by atoms with van der Waals surface area (Å²) in [4.78, 5) is 33.9. The number of carbonyl (C=O) groups is 2. The first-order chi connectivity index (χ1) is 19.9. The van der Waals surface area contributed by atoms with Gasteiger partial charge in [0, 0.05) is 72.7 Å². The highest BCUT2D eigenvalue weighted by Gasteiger charge is 2.95. The highest BCUT2D eigenvalue weighted by atomic mass is 16.5. The third-order valence-corrected chi connectivity index (χ3v) is 12.4. The van der Waals surface area contributed by atoms with Crippen molar-refractivity contribution in [1.82, 2.24) is 14.7 Å². The largest absolute Gasteiger partial charge is 0.508 e. The molecule has 2 aromatic rings. The highest BCUT2D eigenvalue weighted by molar-refractivity contribution is 6.00. The van der Waals surface area contributed by atoms with E-state index < -0.39 is 0 Å². The fourth-order valence-electron chi connectivity index (χ4n) is 11.2. The van der Waals surface area contributed by atoms with Crippen LogP contribution in [0.4, 0.5) is 0 Å². The average molecular weight is 554 g/mol. The molecule has 3 heterocycles. The molecule has 2 amide bonds. The molecule has 2 aromatic carbocycles. The van der Waals surface area contributed by atoms with Crippen LogP contribution in [0.3, 0.4) is 0 Å². The van der Waals surface area contributed by atoms with Gasteiger partial charge < -0.3 is 19.6 Å². The van der Waals surface area contributed by atoms with E-state index in [1.165, 1.54) is 30.5 Å². The van der Waals surface area contributed by atoms with Crippen LogP contribution in [0, 0.1) is 17.3 Å². The van der Waals surface area contributed by atoms with Crippen molar-refractivity contribution in [2.75, 3.05) is 32.7 Å². The molecule has 0 radical (unpaired) electrons. The average Bonchev–Trinajstić information content (AvgIpc) is 3.62. The molecular weight excluding hydrogens is 514 g/mol. The summed E-state index contributed by atoms with van der Waals surface area (Å²) in [6, 6.07) is 13.9. The van der Waals surface area contributed by atoms with Crippen LogP contribution >= 0.6 is 0 Å². The standard InChI is InChI=1S/C34H39N3O4/c1-3-35(4-2)29(39)21-6-5-7-22(14-21)30(40)37-18-27-28-26(37)12-13-33(41-27)31-32(19-36(31)17-20-8-9-20)16-23-10-11-24(38)15-25(23)34(28,32)33/h5-7,10-11,14-15,20,26-28,31,38H,3-4,8-9,12-13,16-19H2,1-2H3/t26?,27-,28?,31?,32?,33?,34?/m1/s1. The van der Waals surface area contributed by atoms with Gasteiger partial charge in [-0.15, -0.1) is 0 Å². The molecule has 0 aromatic heterocycles. The maximum atomic E-state index is 14.2. The summed E-state index contributed by atoms with van der Waals surface area (Å²) in [7, 11) is 0. The minimum Gasteiger partial charge on any atom is -0.508 e. The number of hydrogen-bond donors (Lipinski definition) is 1. The van der Waals surface area contributed by atoms with Crippen molar-refractivity contribution in [3.63, 3.8) is 0 Å². The summed E-state index contributed by atoms with van der Waals surface area (Å²) in [6.45, 7) is 8.15. The molecule has 4 aliphatic carbocycles. The molecule has 1 N–H and O–H groups in total. The third-order valence-electron chi connectivity index (χ3n) is 12.4. The monoisotopic (exact) mass is 553 g/mol. The van der Waals surface area contributed by atoms with E-state index >= 15 is 0 Å². The van der Waals surface area contributed by atoms with Crippen LogP contribution in [0.5, 0.6) is 5.75 Å². The Balaban J connectivity index is 1.09. The smallest absolute Gasteiger partial charge is 0.254 e. The number of aromatic hydroxyl groups is 1. The van der Waals surface area contributed by atoms with Gasteiger partial charge in [-0.2, -0.15) is 0 Å². The molecule has 2 bridgehead atoms. The number of amides is 2. The summed E-state index contributed by atoms with van der Waals surface area (Å²) < 4.78 is 7.29. The minimum atomic E-state index is -0.212. The van der Waals surface area contributed by atoms with Gasteiger partial charge in [0.15, 0.2) is 0 Å². The van der Waals surface area contributed by atoms with Crippen LogP contribution in [0.2, 0.25) is 0 Å². The molecule has 6 unspecified atom stereocenters. The number of nitrogens with zero attached hydrogens (tertiary/aromatic N) is 3. The second-order valence-electron chi connectivity index (χ2n) is 14.0. The minimum absolute atomic E-state index is 0.00508. The number of rotatable bonds is 6. The van der Waals surface area contributed by atoms with Crippen LogP contribution < -0.4 is 0 Å². The predicted molar refractivity (Wildman–Crippen MR) is 153 cm³/mol. The summed E-state index contributed by atoms with van der Waals surface area (Å²) in [5.41, 5.74) is 3.63. The van der Waals surface area contributed by atoms with E-state index in [0.29, 0.717) is 42.6 Å². The molecule has 9 rings (SSSR count). The first-order valence-corrected chi connectivity index (χ1v) is 15.8. The zero-order chi connectivity index (χ0) is 27.9. The van der Waals surface area contributed by atoms with Crippen molar-refractivity contribution in [3.8, 4) is 5.75 Å². The molecular formula is C34H39N3O4. The van der Waals surface area contributed by atoms with Crippen molar-refractivity contribution < 1.29 is 19.4 Å². The van der Waals surface area contributed by atoms with E-state index in [1.54, 1.807) is 11.0 Å². The Morgan fingerprint density at radius 3 is 2.66 bits per heavy atom. The molecule has 3 saturated heterocycles. The lowest BCUT2D eigenvalue weighted by Crippen LogP contribution is -2.94. The number of piperidine rings is 1. The quantitative estimate of drug-likeness (QED) is 0.589. The van der Waals surface area contributed by atoms with E-state index in [-0.39, 0.29) is 46.3 Å². The molecule has 214 valence electrons. The van der Waals surface area contributed by atoms with Crippen LogP contribution in [-0.2, 0) is 16.6 Å². The summed E-state index contributed by atoms with van der Waals surface area (Å²) in [5, 5.41) is 10.7. The first kappa shape index (κ1) is 24.7. The van der Waals surface area contributed by atoms with Gasteiger partial charge in [-0.1, -0.05) is 12.1 Å². The Bertz CT molecular complexity index is 1500. The number of fused-ring (bicyclic) bond motifs is 1. The molecule has 7 aliphatic rings. The number of ether oxygens (including phenoxy) is 1. The lowest BCUT2D eigenvalue weighted by Gasteiger charge is -2.82. The maximum Gasteiger partial charge on any atom is 0.254 e. The number of phenolic OH excluding ortho intramolecular Hbond substituents is 1. The molecule has 3 aliphatic heterocycles. The summed E-state index contributed by atoms with van der Waals surface area (Å²) in [6.07, 6.45) is 5.68. The lowest BCUT2D eigenvalue weighted by atomic mass is 9.29. The number of phenols is 1. The zero-order valence-corrected chi connectivity index (χ0v) is 24.0. The van der Waals surface area contributed by atoms with Crippen molar-refractivity contribution in [1.29, 1.82) is 0 Å². The Labute approximate surface area is 241 Å². The van der Waals surface area contributed by atoms with Crippen molar-refractivity contribution >= 4 is 11.8 Å². The second kappa shape index (κ2) is 7.93. The van der Waals surface area contributed by atoms with Gasteiger partial charge in [-0.3, -0.25) is 14.5 Å². The van der Waals surface area contributed by atoms with E-state index in [9.17, 15) is 14.7 Å². The van der Waals surface area contributed by atoms with Crippen LogP contribution in [-0.4, -0.2) is 88.1 Å². The Kier molecular flexibility index (Phi) is 4.77. The van der Waals surface area contributed by atoms with Crippen molar-refractivity contribution in [2.45, 2.75) is 75.2 Å². The first-order valence-electron chi connectivity index (χ1n) is 15.8. The Morgan fingerprint density at radius 2 is 1.88 bits per heavy atom. The summed E-state index contributed by atoms with van der Waals surface area (Å²) in [5.74, 6) is 1.40. The molecule has 7 heteroatoms. The van der Waals surface area contributed by atoms with E-state index in [1.807, 2.05) is 44.2 Å². The topological polar surface area (TPSA) is 73.3 Å². The normalized spacial score (nSPS) is 38.8. The van der Waals surface area contributed by atoms with Gasteiger partial charge in [0.05, 0.1) is 11.7 Å². The van der Waals surface area contributed by atoms with Crippen LogP contribution in [0.15, 0.2) is 42.5 Å². The number of benzene rings is 2. The number of carbonyl (C=O) groups excluding carboxylic acids is 2. The third kappa shape index (κ3) is 2.70. The van der Waals surface area contributed by atoms with Crippen molar-refractivity contribution in [3.05, 3.63) is 64.7 Å².